The van der Waals surface area contributed by atoms with E-state index in [1.807, 2.05) is 10.8 Å². The maximum absolute atomic E-state index is 4.88. The van der Waals surface area contributed by atoms with Crippen LogP contribution in [0.3, 0.4) is 0 Å². The van der Waals surface area contributed by atoms with Gasteiger partial charge in [0, 0.05) is 11.5 Å². The molecule has 0 bridgehead atoms. The van der Waals surface area contributed by atoms with E-state index in [1.54, 1.807) is 18.7 Å². The molecule has 6 heteroatoms. The molecule has 0 saturated carbocycles. The molecular weight excluding hydrogens is 260 g/mol. The van der Waals surface area contributed by atoms with Crippen molar-refractivity contribution in [1.82, 2.24) is 19.5 Å². The van der Waals surface area contributed by atoms with Crippen LogP contribution in [0.2, 0.25) is 0 Å². The van der Waals surface area contributed by atoms with Gasteiger partial charge < -0.3 is 9.30 Å². The Morgan fingerprint density at radius 3 is 2.60 bits per heavy atom. The van der Waals surface area contributed by atoms with Crippen molar-refractivity contribution >= 4 is 15.9 Å². The Labute approximate surface area is 95.3 Å². The molecule has 0 aromatic carbocycles. The largest absolute Gasteiger partial charge is 0.467 e. The average Bonchev–Trinajstić information content (AvgIpc) is 2.78. The van der Waals surface area contributed by atoms with Gasteiger partial charge in [0.1, 0.15) is 0 Å². The molecule has 2 aromatic rings. The summed E-state index contributed by atoms with van der Waals surface area (Å²) in [5.74, 6) is 0. The van der Waals surface area contributed by atoms with Gasteiger partial charge in [-0.2, -0.15) is 0 Å². The molecule has 15 heavy (non-hydrogen) atoms. The van der Waals surface area contributed by atoms with Gasteiger partial charge in [-0.05, 0) is 0 Å². The van der Waals surface area contributed by atoms with Crippen LogP contribution in [0.1, 0.15) is 5.69 Å². The molecule has 0 unspecified atom stereocenters. The Morgan fingerprint density at radius 1 is 1.33 bits per heavy atom. The maximum Gasteiger partial charge on any atom is 0.316 e. The van der Waals surface area contributed by atoms with Crippen molar-refractivity contribution in [3.05, 3.63) is 30.6 Å². The highest BCUT2D eigenvalue weighted by Crippen LogP contribution is 2.09. The third-order valence-corrected chi connectivity index (χ3v) is 2.44. The summed E-state index contributed by atoms with van der Waals surface area (Å²) in [6.45, 7) is 0. The Balaban J connectivity index is 2.28. The smallest absolute Gasteiger partial charge is 0.316 e. The first-order valence-corrected chi connectivity index (χ1v) is 5.41. The zero-order valence-corrected chi connectivity index (χ0v) is 9.68. The van der Waals surface area contributed by atoms with Crippen molar-refractivity contribution in [2.45, 2.75) is 5.33 Å². The third kappa shape index (κ3) is 2.15. The van der Waals surface area contributed by atoms with E-state index in [4.69, 9.17) is 4.74 Å². The first kappa shape index (κ1) is 10.1. The van der Waals surface area contributed by atoms with E-state index in [9.17, 15) is 0 Å². The Hall–Kier alpha value is -1.43. The first-order valence-electron chi connectivity index (χ1n) is 4.28. The van der Waals surface area contributed by atoms with Crippen LogP contribution < -0.4 is 4.74 Å². The first-order chi connectivity index (χ1) is 7.33. The number of methoxy groups -OCH3 is 1. The number of halogens is 1. The Morgan fingerprint density at radius 2 is 2.07 bits per heavy atom. The van der Waals surface area contributed by atoms with E-state index >= 15 is 0 Å². The zero-order valence-electron chi connectivity index (χ0n) is 8.09. The second-order valence-corrected chi connectivity index (χ2v) is 3.39. The van der Waals surface area contributed by atoms with Crippen LogP contribution in [-0.4, -0.2) is 26.6 Å². The molecule has 0 aliphatic heterocycles. The standard InChI is InChI=1S/C9H9BrN4O/c1-15-9-11-3-8(4-12-9)14-5-7(2-10)13-6-14/h3-6H,2H2,1H3. The molecule has 2 rings (SSSR count). The molecule has 2 heterocycles. The predicted octanol–water partition coefficient (Wildman–Crippen LogP) is 1.57. The average molecular weight is 269 g/mol. The second kappa shape index (κ2) is 4.39. The molecule has 2 aromatic heterocycles. The summed E-state index contributed by atoms with van der Waals surface area (Å²) in [4.78, 5) is 12.2. The fraction of sp³-hybridized carbons (Fsp3) is 0.222. The van der Waals surface area contributed by atoms with Gasteiger partial charge in [-0.1, -0.05) is 15.9 Å². The van der Waals surface area contributed by atoms with Crippen molar-refractivity contribution in [1.29, 1.82) is 0 Å². The summed E-state index contributed by atoms with van der Waals surface area (Å²) in [6.07, 6.45) is 7.01. The minimum Gasteiger partial charge on any atom is -0.467 e. The summed E-state index contributed by atoms with van der Waals surface area (Å²) < 4.78 is 6.73. The molecule has 0 aliphatic rings. The van der Waals surface area contributed by atoms with E-state index in [2.05, 4.69) is 30.9 Å². The molecule has 0 amide bonds. The predicted molar refractivity (Wildman–Crippen MR) is 58.3 cm³/mol. The summed E-state index contributed by atoms with van der Waals surface area (Å²) in [6, 6.07) is 0.361. The summed E-state index contributed by atoms with van der Waals surface area (Å²) in [5.41, 5.74) is 1.82. The number of hydrogen-bond acceptors (Lipinski definition) is 4. The molecule has 78 valence electrons. The normalized spacial score (nSPS) is 10.3. The van der Waals surface area contributed by atoms with Crippen molar-refractivity contribution < 1.29 is 4.74 Å². The van der Waals surface area contributed by atoms with Crippen LogP contribution in [0.5, 0.6) is 6.01 Å². The van der Waals surface area contributed by atoms with Gasteiger partial charge in [-0.3, -0.25) is 0 Å². The highest BCUT2D eigenvalue weighted by atomic mass is 79.9. The van der Waals surface area contributed by atoms with Crippen LogP contribution in [0, 0.1) is 0 Å². The van der Waals surface area contributed by atoms with Gasteiger partial charge in [0.15, 0.2) is 0 Å². The lowest BCUT2D eigenvalue weighted by Gasteiger charge is -2.01. The molecule has 0 N–H and O–H groups in total. The van der Waals surface area contributed by atoms with E-state index in [1.165, 1.54) is 7.11 Å². The highest BCUT2D eigenvalue weighted by Gasteiger charge is 2.01. The van der Waals surface area contributed by atoms with Gasteiger partial charge in [0.25, 0.3) is 0 Å². The lowest BCUT2D eigenvalue weighted by molar-refractivity contribution is 0.379. The minimum absolute atomic E-state index is 0.361. The fourth-order valence-electron chi connectivity index (χ4n) is 1.12. The lowest BCUT2D eigenvalue weighted by atomic mass is 10.5. The zero-order chi connectivity index (χ0) is 10.7. The molecular formula is C9H9BrN4O. The molecule has 5 nitrogen and oxygen atoms in total. The monoisotopic (exact) mass is 268 g/mol. The molecule has 0 spiro atoms. The molecule has 0 aliphatic carbocycles. The van der Waals surface area contributed by atoms with E-state index in [0.717, 1.165) is 16.7 Å². The van der Waals surface area contributed by atoms with E-state index in [-0.39, 0.29) is 0 Å². The van der Waals surface area contributed by atoms with Crippen molar-refractivity contribution in [2.24, 2.45) is 0 Å². The van der Waals surface area contributed by atoms with Gasteiger partial charge in [0.05, 0.1) is 37.2 Å². The minimum atomic E-state index is 0.361. The highest BCUT2D eigenvalue weighted by molar-refractivity contribution is 9.08. The maximum atomic E-state index is 4.88. The van der Waals surface area contributed by atoms with Crippen molar-refractivity contribution in [3.63, 3.8) is 0 Å². The lowest BCUT2D eigenvalue weighted by Crippen LogP contribution is -1.95. The summed E-state index contributed by atoms with van der Waals surface area (Å²) in [5, 5.41) is 0.733. The van der Waals surface area contributed by atoms with Crippen LogP contribution >= 0.6 is 15.9 Å². The van der Waals surface area contributed by atoms with Crippen LogP contribution in [-0.2, 0) is 5.33 Å². The molecule has 0 atom stereocenters. The number of rotatable bonds is 3. The number of alkyl halides is 1. The van der Waals surface area contributed by atoms with Crippen LogP contribution in [0.4, 0.5) is 0 Å². The van der Waals surface area contributed by atoms with Gasteiger partial charge in [0.2, 0.25) is 0 Å². The molecule has 0 radical (unpaired) electrons. The van der Waals surface area contributed by atoms with E-state index < -0.39 is 0 Å². The quantitative estimate of drug-likeness (QED) is 0.793. The fourth-order valence-corrected chi connectivity index (χ4v) is 1.41. The number of nitrogens with zero attached hydrogens (tertiary/aromatic N) is 4. The summed E-state index contributed by atoms with van der Waals surface area (Å²) in [7, 11) is 1.54. The van der Waals surface area contributed by atoms with Gasteiger partial charge >= 0.3 is 6.01 Å². The van der Waals surface area contributed by atoms with Crippen LogP contribution in [0.15, 0.2) is 24.9 Å². The SMILES string of the molecule is COc1ncc(-n2cnc(CBr)c2)cn1. The number of imidazole rings is 1. The molecule has 0 fully saturated rings. The number of hydrogen-bond donors (Lipinski definition) is 0. The number of ether oxygens (including phenoxy) is 1. The van der Waals surface area contributed by atoms with Gasteiger partial charge in [-0.15, -0.1) is 0 Å². The van der Waals surface area contributed by atoms with Crippen molar-refractivity contribution in [3.8, 4) is 11.7 Å². The van der Waals surface area contributed by atoms with Crippen molar-refractivity contribution in [2.75, 3.05) is 7.11 Å². The van der Waals surface area contributed by atoms with Crippen LogP contribution in [0.25, 0.3) is 5.69 Å². The van der Waals surface area contributed by atoms with E-state index in [0.29, 0.717) is 6.01 Å². The number of aromatic nitrogens is 4. The second-order valence-electron chi connectivity index (χ2n) is 2.83. The topological polar surface area (TPSA) is 52.8 Å². The Kier molecular flexibility index (Phi) is 2.96. The Bertz CT molecular complexity index is 440. The van der Waals surface area contributed by atoms with Gasteiger partial charge in [-0.25, -0.2) is 15.0 Å². The summed E-state index contributed by atoms with van der Waals surface area (Å²) >= 11 is 3.34. The molecule has 0 saturated heterocycles. The third-order valence-electron chi connectivity index (χ3n) is 1.87.